The second-order valence-electron chi connectivity index (χ2n) is 5.78. The van der Waals surface area contributed by atoms with Crippen LogP contribution in [0.3, 0.4) is 0 Å². The van der Waals surface area contributed by atoms with Crippen molar-refractivity contribution < 1.29 is 4.92 Å². The maximum absolute atomic E-state index is 11.4. The lowest BCUT2D eigenvalue weighted by Gasteiger charge is -2.14. The second-order valence-corrected chi connectivity index (χ2v) is 5.78. The summed E-state index contributed by atoms with van der Waals surface area (Å²) >= 11 is 0. The lowest BCUT2D eigenvalue weighted by Crippen LogP contribution is -2.15. The molecule has 2 heterocycles. The molecule has 0 unspecified atom stereocenters. The summed E-state index contributed by atoms with van der Waals surface area (Å²) in [4.78, 5) is 19.1. The SMILES string of the molecule is Cc1ccc([N+](=O)[O-])c(C2=NCCc3c2[nH]c2ccccc32)c1. The van der Waals surface area contributed by atoms with Crippen molar-refractivity contribution in [3.05, 3.63) is 75.0 Å². The first-order chi connectivity index (χ1) is 11.1. The highest BCUT2D eigenvalue weighted by Crippen LogP contribution is 2.31. The first-order valence-electron chi connectivity index (χ1n) is 7.55. The van der Waals surface area contributed by atoms with E-state index in [4.69, 9.17) is 0 Å². The predicted molar refractivity (Wildman–Crippen MR) is 90.3 cm³/mol. The minimum absolute atomic E-state index is 0.0980. The number of nitrogens with zero attached hydrogens (tertiary/aromatic N) is 2. The predicted octanol–water partition coefficient (Wildman–Crippen LogP) is 3.78. The van der Waals surface area contributed by atoms with Crippen LogP contribution < -0.4 is 0 Å². The smallest absolute Gasteiger partial charge is 0.278 e. The van der Waals surface area contributed by atoms with Gasteiger partial charge in [0.15, 0.2) is 0 Å². The van der Waals surface area contributed by atoms with Gasteiger partial charge < -0.3 is 4.98 Å². The summed E-state index contributed by atoms with van der Waals surface area (Å²) < 4.78 is 0. The molecule has 1 aromatic heterocycles. The summed E-state index contributed by atoms with van der Waals surface area (Å²) in [5.74, 6) is 0. The lowest BCUT2D eigenvalue weighted by atomic mass is 9.96. The highest BCUT2D eigenvalue weighted by molar-refractivity contribution is 6.17. The van der Waals surface area contributed by atoms with Gasteiger partial charge in [0.25, 0.3) is 5.69 Å². The van der Waals surface area contributed by atoms with Crippen LogP contribution in [0.4, 0.5) is 5.69 Å². The van der Waals surface area contributed by atoms with E-state index in [2.05, 4.69) is 16.0 Å². The number of rotatable bonds is 2. The number of hydrogen-bond donors (Lipinski definition) is 1. The standard InChI is InChI=1S/C18H15N3O2/c1-11-6-7-16(21(22)23)14(10-11)17-18-13(8-9-19-17)12-4-2-3-5-15(12)20-18/h2-7,10,20H,8-9H2,1H3. The molecule has 0 spiro atoms. The van der Waals surface area contributed by atoms with Gasteiger partial charge >= 0.3 is 0 Å². The van der Waals surface area contributed by atoms with Crippen LogP contribution in [-0.4, -0.2) is 22.2 Å². The van der Waals surface area contributed by atoms with Crippen molar-refractivity contribution in [2.75, 3.05) is 6.54 Å². The van der Waals surface area contributed by atoms with E-state index in [0.717, 1.165) is 23.2 Å². The molecule has 0 amide bonds. The first kappa shape index (κ1) is 13.7. The van der Waals surface area contributed by atoms with Crippen molar-refractivity contribution in [1.29, 1.82) is 0 Å². The Morgan fingerprint density at radius 1 is 1.22 bits per heavy atom. The van der Waals surface area contributed by atoms with Gasteiger partial charge in [0, 0.05) is 23.5 Å². The zero-order chi connectivity index (χ0) is 16.0. The third kappa shape index (κ3) is 2.12. The topological polar surface area (TPSA) is 71.3 Å². The van der Waals surface area contributed by atoms with Crippen molar-refractivity contribution in [2.45, 2.75) is 13.3 Å². The van der Waals surface area contributed by atoms with Gasteiger partial charge in [-0.15, -0.1) is 0 Å². The minimum atomic E-state index is -0.339. The number of nitro benzene ring substituents is 1. The Labute approximate surface area is 132 Å². The zero-order valence-corrected chi connectivity index (χ0v) is 12.7. The Kier molecular flexibility index (Phi) is 3.01. The molecule has 0 bridgehead atoms. The lowest BCUT2D eigenvalue weighted by molar-refractivity contribution is -0.385. The molecule has 0 saturated heterocycles. The van der Waals surface area contributed by atoms with Crippen LogP contribution in [0, 0.1) is 17.0 Å². The Morgan fingerprint density at radius 2 is 2.04 bits per heavy atom. The number of benzene rings is 2. The van der Waals surface area contributed by atoms with Crippen molar-refractivity contribution in [1.82, 2.24) is 4.98 Å². The van der Waals surface area contributed by atoms with Crippen LogP contribution in [0.15, 0.2) is 47.5 Å². The largest absolute Gasteiger partial charge is 0.353 e. The number of H-pyrrole nitrogens is 1. The Bertz CT molecular complexity index is 970. The second kappa shape index (κ2) is 5.05. The van der Waals surface area contributed by atoms with Gasteiger partial charge in [0.1, 0.15) is 0 Å². The molecule has 0 saturated carbocycles. The van der Waals surface area contributed by atoms with E-state index in [1.165, 1.54) is 10.9 Å². The number of aliphatic imine (C=N–C) groups is 1. The molecule has 0 atom stereocenters. The molecule has 114 valence electrons. The van der Waals surface area contributed by atoms with Crippen molar-refractivity contribution in [3.63, 3.8) is 0 Å². The Hall–Kier alpha value is -2.95. The molecule has 5 nitrogen and oxygen atoms in total. The highest BCUT2D eigenvalue weighted by atomic mass is 16.6. The molecule has 3 aromatic rings. The molecule has 23 heavy (non-hydrogen) atoms. The normalized spacial score (nSPS) is 13.7. The van der Waals surface area contributed by atoms with E-state index in [9.17, 15) is 10.1 Å². The number of aromatic nitrogens is 1. The summed E-state index contributed by atoms with van der Waals surface area (Å²) in [7, 11) is 0. The molecule has 0 radical (unpaired) electrons. The van der Waals surface area contributed by atoms with Crippen molar-refractivity contribution >= 4 is 22.3 Å². The van der Waals surface area contributed by atoms with Crippen LogP contribution in [-0.2, 0) is 6.42 Å². The fourth-order valence-corrected chi connectivity index (χ4v) is 3.24. The fraction of sp³-hybridized carbons (Fsp3) is 0.167. The molecular weight excluding hydrogens is 290 g/mol. The fourth-order valence-electron chi connectivity index (χ4n) is 3.24. The number of nitrogens with one attached hydrogen (secondary N) is 1. The zero-order valence-electron chi connectivity index (χ0n) is 12.7. The quantitative estimate of drug-likeness (QED) is 0.578. The van der Waals surface area contributed by atoms with E-state index < -0.39 is 0 Å². The van der Waals surface area contributed by atoms with Gasteiger partial charge in [-0.2, -0.15) is 0 Å². The third-order valence-corrected chi connectivity index (χ3v) is 4.29. The average molecular weight is 305 g/mol. The molecule has 1 aliphatic rings. The van der Waals surface area contributed by atoms with Gasteiger partial charge in [-0.05, 0) is 36.6 Å². The third-order valence-electron chi connectivity index (χ3n) is 4.29. The van der Waals surface area contributed by atoms with E-state index in [1.54, 1.807) is 12.1 Å². The van der Waals surface area contributed by atoms with Crippen molar-refractivity contribution in [3.8, 4) is 0 Å². The molecule has 1 aliphatic heterocycles. The summed E-state index contributed by atoms with van der Waals surface area (Å²) in [6, 6.07) is 13.3. The van der Waals surface area contributed by atoms with Gasteiger partial charge in [0.05, 0.1) is 21.9 Å². The first-order valence-corrected chi connectivity index (χ1v) is 7.55. The van der Waals surface area contributed by atoms with Crippen molar-refractivity contribution in [2.24, 2.45) is 4.99 Å². The molecular formula is C18H15N3O2. The molecule has 4 rings (SSSR count). The number of aryl methyl sites for hydroxylation is 1. The van der Waals surface area contributed by atoms with Crippen LogP contribution in [0.1, 0.15) is 22.4 Å². The number of fused-ring (bicyclic) bond motifs is 3. The van der Waals surface area contributed by atoms with Gasteiger partial charge in [-0.3, -0.25) is 15.1 Å². The maximum Gasteiger partial charge on any atom is 0.278 e. The molecule has 0 aliphatic carbocycles. The van der Waals surface area contributed by atoms with Crippen LogP contribution in [0.2, 0.25) is 0 Å². The highest BCUT2D eigenvalue weighted by Gasteiger charge is 2.26. The molecule has 5 heteroatoms. The monoisotopic (exact) mass is 305 g/mol. The van der Waals surface area contributed by atoms with Crippen LogP contribution >= 0.6 is 0 Å². The van der Waals surface area contributed by atoms with E-state index in [1.807, 2.05) is 31.2 Å². The molecule has 2 aromatic carbocycles. The molecule has 0 fully saturated rings. The number of aromatic amines is 1. The van der Waals surface area contributed by atoms with E-state index in [-0.39, 0.29) is 10.6 Å². The average Bonchev–Trinajstić information content (AvgIpc) is 2.93. The number of hydrogen-bond acceptors (Lipinski definition) is 3. The maximum atomic E-state index is 11.4. The van der Waals surface area contributed by atoms with Crippen LogP contribution in [0.5, 0.6) is 0 Å². The summed E-state index contributed by atoms with van der Waals surface area (Å²) in [5.41, 5.74) is 5.51. The van der Waals surface area contributed by atoms with Crippen LogP contribution in [0.25, 0.3) is 10.9 Å². The number of nitro groups is 1. The van der Waals surface area contributed by atoms with E-state index in [0.29, 0.717) is 17.8 Å². The van der Waals surface area contributed by atoms with Gasteiger partial charge in [0.2, 0.25) is 0 Å². The summed E-state index contributed by atoms with van der Waals surface area (Å²) in [6.07, 6.45) is 0.850. The van der Waals surface area contributed by atoms with E-state index >= 15 is 0 Å². The number of para-hydroxylation sites is 1. The van der Waals surface area contributed by atoms with Gasteiger partial charge in [-0.25, -0.2) is 0 Å². The molecule has 1 N–H and O–H groups in total. The Balaban J connectivity index is 1.97. The van der Waals surface area contributed by atoms with Gasteiger partial charge in [-0.1, -0.05) is 24.3 Å². The summed E-state index contributed by atoms with van der Waals surface area (Å²) in [5, 5.41) is 12.6. The minimum Gasteiger partial charge on any atom is -0.353 e. The summed E-state index contributed by atoms with van der Waals surface area (Å²) in [6.45, 7) is 2.58. The Morgan fingerprint density at radius 3 is 2.87 bits per heavy atom.